The van der Waals surface area contributed by atoms with E-state index in [1.807, 2.05) is 6.92 Å². The molecular formula is C13H22ClN5O2. The van der Waals surface area contributed by atoms with E-state index in [2.05, 4.69) is 25.2 Å². The fourth-order valence-electron chi connectivity index (χ4n) is 2.00. The number of anilines is 1. The van der Waals surface area contributed by atoms with Crippen molar-refractivity contribution in [3.05, 3.63) is 5.28 Å². The topological polar surface area (TPSA) is 72.4 Å². The van der Waals surface area contributed by atoms with E-state index in [0.717, 1.165) is 52.2 Å². The first-order chi connectivity index (χ1) is 10.3. The smallest absolute Gasteiger partial charge is 0.322 e. The van der Waals surface area contributed by atoms with Gasteiger partial charge in [0.1, 0.15) is 0 Å². The van der Waals surface area contributed by atoms with Crippen molar-refractivity contribution in [1.29, 1.82) is 0 Å². The standard InChI is InChI=1S/C13H22ClN5O2/c1-2-8-21-13-17-11(14)16-12(18-13)15-4-3-5-19-6-9-20-10-7-19/h2-10H2,1H3,(H,15,16,17,18). The Hall–Kier alpha value is -1.18. The second kappa shape index (κ2) is 8.96. The Morgan fingerprint density at radius 2 is 2.10 bits per heavy atom. The van der Waals surface area contributed by atoms with Crippen molar-refractivity contribution in [2.75, 3.05) is 51.3 Å². The summed E-state index contributed by atoms with van der Waals surface area (Å²) in [4.78, 5) is 14.5. The van der Waals surface area contributed by atoms with E-state index in [1.54, 1.807) is 0 Å². The summed E-state index contributed by atoms with van der Waals surface area (Å²) in [5.41, 5.74) is 0. The van der Waals surface area contributed by atoms with Crippen LogP contribution in [-0.4, -0.2) is 65.9 Å². The molecule has 1 saturated heterocycles. The number of nitrogens with one attached hydrogen (secondary N) is 1. The van der Waals surface area contributed by atoms with E-state index >= 15 is 0 Å². The van der Waals surface area contributed by atoms with Crippen molar-refractivity contribution in [3.8, 4) is 6.01 Å². The van der Waals surface area contributed by atoms with Crippen LogP contribution in [0.2, 0.25) is 5.28 Å². The summed E-state index contributed by atoms with van der Waals surface area (Å²) >= 11 is 5.86. The van der Waals surface area contributed by atoms with Crippen molar-refractivity contribution in [1.82, 2.24) is 19.9 Å². The summed E-state index contributed by atoms with van der Waals surface area (Å²) in [5.74, 6) is 0.461. The maximum absolute atomic E-state index is 5.86. The fourth-order valence-corrected chi connectivity index (χ4v) is 2.15. The molecule has 1 aliphatic rings. The fraction of sp³-hybridized carbons (Fsp3) is 0.769. The minimum atomic E-state index is 0.145. The maximum atomic E-state index is 5.86. The predicted molar refractivity (Wildman–Crippen MR) is 81.0 cm³/mol. The number of ether oxygens (including phenoxy) is 2. The molecule has 0 aliphatic carbocycles. The molecule has 8 heteroatoms. The Morgan fingerprint density at radius 1 is 1.29 bits per heavy atom. The maximum Gasteiger partial charge on any atom is 0.322 e. The van der Waals surface area contributed by atoms with Gasteiger partial charge < -0.3 is 14.8 Å². The van der Waals surface area contributed by atoms with Crippen LogP contribution in [0.1, 0.15) is 19.8 Å². The quantitative estimate of drug-likeness (QED) is 0.728. The molecule has 1 aliphatic heterocycles. The first-order valence-corrected chi connectivity index (χ1v) is 7.74. The molecule has 118 valence electrons. The van der Waals surface area contributed by atoms with Crippen LogP contribution in [0.3, 0.4) is 0 Å². The lowest BCUT2D eigenvalue weighted by atomic mass is 10.3. The van der Waals surface area contributed by atoms with Crippen LogP contribution in [0.5, 0.6) is 6.01 Å². The van der Waals surface area contributed by atoms with Gasteiger partial charge in [0.15, 0.2) is 0 Å². The first-order valence-electron chi connectivity index (χ1n) is 7.36. The van der Waals surface area contributed by atoms with Gasteiger partial charge in [0.05, 0.1) is 19.8 Å². The number of hydrogen-bond acceptors (Lipinski definition) is 7. The van der Waals surface area contributed by atoms with Crippen LogP contribution in [-0.2, 0) is 4.74 Å². The number of hydrogen-bond donors (Lipinski definition) is 1. The van der Waals surface area contributed by atoms with Crippen molar-refractivity contribution in [2.45, 2.75) is 19.8 Å². The van der Waals surface area contributed by atoms with E-state index in [0.29, 0.717) is 12.6 Å². The molecule has 2 rings (SSSR count). The first kappa shape index (κ1) is 16.2. The molecule has 2 heterocycles. The van der Waals surface area contributed by atoms with Crippen molar-refractivity contribution < 1.29 is 9.47 Å². The average Bonchev–Trinajstić information content (AvgIpc) is 2.50. The Balaban J connectivity index is 1.72. The highest BCUT2D eigenvalue weighted by molar-refractivity contribution is 6.28. The highest BCUT2D eigenvalue weighted by Gasteiger charge is 2.10. The van der Waals surface area contributed by atoms with Crippen LogP contribution in [0.15, 0.2) is 0 Å². The van der Waals surface area contributed by atoms with Gasteiger partial charge in [0, 0.05) is 19.6 Å². The van der Waals surface area contributed by atoms with E-state index in [-0.39, 0.29) is 11.3 Å². The molecule has 0 unspecified atom stereocenters. The van der Waals surface area contributed by atoms with E-state index in [4.69, 9.17) is 21.1 Å². The van der Waals surface area contributed by atoms with Gasteiger partial charge in [-0.1, -0.05) is 6.92 Å². The number of morpholine rings is 1. The zero-order valence-electron chi connectivity index (χ0n) is 12.3. The normalized spacial score (nSPS) is 15.9. The Morgan fingerprint density at radius 3 is 2.86 bits per heavy atom. The molecular weight excluding hydrogens is 294 g/mol. The predicted octanol–water partition coefficient (Wildman–Crippen LogP) is 1.45. The van der Waals surface area contributed by atoms with E-state index in [1.165, 1.54) is 0 Å². The molecule has 0 bridgehead atoms. The average molecular weight is 316 g/mol. The molecule has 0 saturated carbocycles. The van der Waals surface area contributed by atoms with E-state index in [9.17, 15) is 0 Å². The van der Waals surface area contributed by atoms with Crippen LogP contribution >= 0.6 is 11.6 Å². The molecule has 1 fully saturated rings. The molecule has 0 spiro atoms. The lowest BCUT2D eigenvalue weighted by Crippen LogP contribution is -2.37. The van der Waals surface area contributed by atoms with Gasteiger partial charge >= 0.3 is 6.01 Å². The third-order valence-electron chi connectivity index (χ3n) is 3.06. The zero-order chi connectivity index (χ0) is 14.9. The number of aromatic nitrogens is 3. The number of halogens is 1. The highest BCUT2D eigenvalue weighted by Crippen LogP contribution is 2.11. The Bertz CT molecular complexity index is 429. The van der Waals surface area contributed by atoms with Crippen LogP contribution < -0.4 is 10.1 Å². The zero-order valence-corrected chi connectivity index (χ0v) is 13.1. The molecule has 1 aromatic rings. The SMILES string of the molecule is CCCOc1nc(Cl)nc(NCCCN2CCOCC2)n1. The summed E-state index contributed by atoms with van der Waals surface area (Å²) in [6.07, 6.45) is 1.90. The number of rotatable bonds is 8. The molecule has 21 heavy (non-hydrogen) atoms. The molecule has 0 aromatic carbocycles. The van der Waals surface area contributed by atoms with Gasteiger partial charge in [-0.2, -0.15) is 15.0 Å². The molecule has 0 amide bonds. The van der Waals surface area contributed by atoms with Gasteiger partial charge in [0.25, 0.3) is 0 Å². The van der Waals surface area contributed by atoms with Gasteiger partial charge in [-0.05, 0) is 31.0 Å². The van der Waals surface area contributed by atoms with Gasteiger partial charge in [-0.15, -0.1) is 0 Å². The summed E-state index contributed by atoms with van der Waals surface area (Å²) in [5, 5.41) is 3.30. The summed E-state index contributed by atoms with van der Waals surface area (Å²) < 4.78 is 10.7. The van der Waals surface area contributed by atoms with Gasteiger partial charge in [-0.3, -0.25) is 4.90 Å². The van der Waals surface area contributed by atoms with Crippen molar-refractivity contribution in [2.24, 2.45) is 0 Å². The highest BCUT2D eigenvalue weighted by atomic mass is 35.5. The Labute approximate surface area is 130 Å². The summed E-state index contributed by atoms with van der Waals surface area (Å²) in [7, 11) is 0. The van der Waals surface area contributed by atoms with Crippen LogP contribution in [0.4, 0.5) is 5.95 Å². The largest absolute Gasteiger partial charge is 0.463 e. The molecule has 1 aromatic heterocycles. The second-order valence-corrected chi connectivity index (χ2v) is 5.13. The van der Waals surface area contributed by atoms with Gasteiger partial charge in [0.2, 0.25) is 11.2 Å². The van der Waals surface area contributed by atoms with E-state index < -0.39 is 0 Å². The molecule has 0 atom stereocenters. The van der Waals surface area contributed by atoms with Gasteiger partial charge in [-0.25, -0.2) is 0 Å². The molecule has 0 radical (unpaired) electrons. The van der Waals surface area contributed by atoms with Crippen molar-refractivity contribution in [3.63, 3.8) is 0 Å². The summed E-state index contributed by atoms with van der Waals surface area (Å²) in [6, 6.07) is 0.271. The van der Waals surface area contributed by atoms with Crippen LogP contribution in [0, 0.1) is 0 Å². The summed E-state index contributed by atoms with van der Waals surface area (Å²) in [6.45, 7) is 8.08. The monoisotopic (exact) mass is 315 g/mol. The van der Waals surface area contributed by atoms with Crippen LogP contribution in [0.25, 0.3) is 0 Å². The molecule has 7 nitrogen and oxygen atoms in total. The minimum Gasteiger partial charge on any atom is -0.463 e. The number of nitrogens with zero attached hydrogens (tertiary/aromatic N) is 4. The second-order valence-electron chi connectivity index (χ2n) is 4.79. The minimum absolute atomic E-state index is 0.145. The third kappa shape index (κ3) is 5.99. The Kier molecular flexibility index (Phi) is 6.91. The lowest BCUT2D eigenvalue weighted by molar-refractivity contribution is 0.0378. The third-order valence-corrected chi connectivity index (χ3v) is 3.23. The van der Waals surface area contributed by atoms with Crippen molar-refractivity contribution >= 4 is 17.5 Å². The lowest BCUT2D eigenvalue weighted by Gasteiger charge is -2.26. The molecule has 1 N–H and O–H groups in total.